The lowest BCUT2D eigenvalue weighted by Gasteiger charge is -2.18. The van der Waals surface area contributed by atoms with Crippen LogP contribution in [0.3, 0.4) is 0 Å². The van der Waals surface area contributed by atoms with Crippen molar-refractivity contribution in [3.63, 3.8) is 0 Å². The highest BCUT2D eigenvalue weighted by atomic mass is 14.6. The maximum Gasteiger partial charge on any atom is -0.0219 e. The van der Waals surface area contributed by atoms with Crippen LogP contribution in [0.4, 0.5) is 0 Å². The molecular formula is C16H24. The van der Waals surface area contributed by atoms with Gasteiger partial charge in [0.25, 0.3) is 0 Å². The van der Waals surface area contributed by atoms with E-state index in [1.807, 2.05) is 0 Å². The molecule has 0 aromatic heterocycles. The molecule has 0 radical (unpaired) electrons. The molecule has 88 valence electrons. The van der Waals surface area contributed by atoms with Crippen LogP contribution in [0, 0.1) is 17.3 Å². The van der Waals surface area contributed by atoms with E-state index in [-0.39, 0.29) is 0 Å². The van der Waals surface area contributed by atoms with Gasteiger partial charge in [-0.05, 0) is 42.1 Å². The van der Waals surface area contributed by atoms with Crippen LogP contribution in [0.15, 0.2) is 30.3 Å². The average Bonchev–Trinajstić information content (AvgIpc) is 2.95. The summed E-state index contributed by atoms with van der Waals surface area (Å²) in [5.74, 6) is 1.82. The standard InChI is InChI=1S/C16H24/c1-4-10-16(12-15(16)13(2)3)11-14-8-6-5-7-9-14/h5-9,13,15H,4,10-12H2,1-3H3. The van der Waals surface area contributed by atoms with Crippen molar-refractivity contribution in [2.45, 2.75) is 46.5 Å². The molecule has 16 heavy (non-hydrogen) atoms. The lowest BCUT2D eigenvalue weighted by atomic mass is 9.86. The Balaban J connectivity index is 2.06. The van der Waals surface area contributed by atoms with Crippen LogP contribution in [0.1, 0.15) is 45.6 Å². The molecule has 0 spiro atoms. The Morgan fingerprint density at radius 3 is 2.44 bits per heavy atom. The third-order valence-electron chi connectivity index (χ3n) is 4.20. The summed E-state index contributed by atoms with van der Waals surface area (Å²) >= 11 is 0. The van der Waals surface area contributed by atoms with Gasteiger partial charge < -0.3 is 0 Å². The van der Waals surface area contributed by atoms with Crippen LogP contribution >= 0.6 is 0 Å². The van der Waals surface area contributed by atoms with E-state index in [0.29, 0.717) is 5.41 Å². The van der Waals surface area contributed by atoms with Gasteiger partial charge in [0.2, 0.25) is 0 Å². The van der Waals surface area contributed by atoms with Crippen molar-refractivity contribution < 1.29 is 0 Å². The van der Waals surface area contributed by atoms with Crippen LogP contribution in [-0.2, 0) is 6.42 Å². The van der Waals surface area contributed by atoms with Crippen molar-refractivity contribution in [2.24, 2.45) is 17.3 Å². The quantitative estimate of drug-likeness (QED) is 0.669. The molecule has 0 bridgehead atoms. The van der Waals surface area contributed by atoms with Crippen molar-refractivity contribution >= 4 is 0 Å². The molecule has 0 aliphatic heterocycles. The highest BCUT2D eigenvalue weighted by molar-refractivity contribution is 5.20. The number of hydrogen-bond acceptors (Lipinski definition) is 0. The fourth-order valence-electron chi connectivity index (χ4n) is 3.40. The lowest BCUT2D eigenvalue weighted by molar-refractivity contribution is 0.361. The topological polar surface area (TPSA) is 0 Å². The van der Waals surface area contributed by atoms with Crippen LogP contribution in [0.5, 0.6) is 0 Å². The van der Waals surface area contributed by atoms with Crippen LogP contribution < -0.4 is 0 Å². The zero-order chi connectivity index (χ0) is 11.6. The van der Waals surface area contributed by atoms with E-state index in [9.17, 15) is 0 Å². The SMILES string of the molecule is CCCC1(Cc2ccccc2)CC1C(C)C. The molecule has 0 nitrogen and oxygen atoms in total. The summed E-state index contributed by atoms with van der Waals surface area (Å²) < 4.78 is 0. The average molecular weight is 216 g/mol. The maximum absolute atomic E-state index is 2.38. The van der Waals surface area contributed by atoms with Gasteiger partial charge in [0.05, 0.1) is 0 Å². The van der Waals surface area contributed by atoms with Crippen molar-refractivity contribution in [3.05, 3.63) is 35.9 Å². The Morgan fingerprint density at radius 1 is 1.25 bits per heavy atom. The van der Waals surface area contributed by atoms with Crippen molar-refractivity contribution in [3.8, 4) is 0 Å². The summed E-state index contributed by atoms with van der Waals surface area (Å²) in [6.07, 6.45) is 5.48. The third kappa shape index (κ3) is 2.31. The van der Waals surface area contributed by atoms with Crippen molar-refractivity contribution in [2.75, 3.05) is 0 Å². The predicted molar refractivity (Wildman–Crippen MR) is 70.4 cm³/mol. The summed E-state index contributed by atoms with van der Waals surface area (Å²) in [4.78, 5) is 0. The van der Waals surface area contributed by atoms with Gasteiger partial charge >= 0.3 is 0 Å². The molecule has 2 unspecified atom stereocenters. The summed E-state index contributed by atoms with van der Waals surface area (Å²) in [6.45, 7) is 7.09. The second-order valence-electron chi connectivity index (χ2n) is 5.83. The minimum atomic E-state index is 0.643. The van der Waals surface area contributed by atoms with E-state index < -0.39 is 0 Å². The lowest BCUT2D eigenvalue weighted by Crippen LogP contribution is -2.11. The largest absolute Gasteiger partial charge is 0.0654 e. The Kier molecular flexibility index (Phi) is 3.37. The van der Waals surface area contributed by atoms with Crippen LogP contribution in [0.25, 0.3) is 0 Å². The Hall–Kier alpha value is -0.780. The highest BCUT2D eigenvalue weighted by Gasteiger charge is 2.53. The molecule has 1 aromatic rings. The first-order valence-electron chi connectivity index (χ1n) is 6.72. The highest BCUT2D eigenvalue weighted by Crippen LogP contribution is 2.61. The molecule has 1 fully saturated rings. The normalized spacial score (nSPS) is 28.4. The Morgan fingerprint density at radius 2 is 1.94 bits per heavy atom. The van der Waals surface area contributed by atoms with Gasteiger partial charge in [-0.15, -0.1) is 0 Å². The number of rotatable bonds is 5. The molecule has 1 aliphatic carbocycles. The first kappa shape index (κ1) is 11.7. The van der Waals surface area contributed by atoms with Crippen LogP contribution in [-0.4, -0.2) is 0 Å². The molecule has 0 heteroatoms. The summed E-state index contributed by atoms with van der Waals surface area (Å²) in [5.41, 5.74) is 2.17. The summed E-state index contributed by atoms with van der Waals surface area (Å²) in [6, 6.07) is 11.0. The van der Waals surface area contributed by atoms with E-state index in [4.69, 9.17) is 0 Å². The van der Waals surface area contributed by atoms with E-state index >= 15 is 0 Å². The van der Waals surface area contributed by atoms with Gasteiger partial charge in [0, 0.05) is 0 Å². The third-order valence-corrected chi connectivity index (χ3v) is 4.20. The second kappa shape index (κ2) is 4.61. The fraction of sp³-hybridized carbons (Fsp3) is 0.625. The summed E-state index contributed by atoms with van der Waals surface area (Å²) in [5, 5.41) is 0. The number of benzene rings is 1. The smallest absolute Gasteiger partial charge is 0.0219 e. The van der Waals surface area contributed by atoms with Gasteiger partial charge in [0.15, 0.2) is 0 Å². The first-order chi connectivity index (χ1) is 7.68. The molecule has 0 amide bonds. The number of hydrogen-bond donors (Lipinski definition) is 0. The molecule has 0 N–H and O–H groups in total. The van der Waals surface area contributed by atoms with E-state index in [1.165, 1.54) is 31.2 Å². The van der Waals surface area contributed by atoms with Gasteiger partial charge in [-0.25, -0.2) is 0 Å². The van der Waals surface area contributed by atoms with E-state index in [1.54, 1.807) is 0 Å². The van der Waals surface area contributed by atoms with Gasteiger partial charge in [-0.2, -0.15) is 0 Å². The van der Waals surface area contributed by atoms with Gasteiger partial charge in [0.1, 0.15) is 0 Å². The predicted octanol–water partition coefficient (Wildman–Crippen LogP) is 4.69. The zero-order valence-corrected chi connectivity index (χ0v) is 10.9. The molecule has 0 saturated heterocycles. The van der Waals surface area contributed by atoms with E-state index in [2.05, 4.69) is 51.1 Å². The minimum absolute atomic E-state index is 0.643. The molecule has 0 heterocycles. The molecule has 2 rings (SSSR count). The fourth-order valence-corrected chi connectivity index (χ4v) is 3.40. The zero-order valence-electron chi connectivity index (χ0n) is 10.9. The minimum Gasteiger partial charge on any atom is -0.0654 e. The molecule has 1 aliphatic rings. The maximum atomic E-state index is 2.38. The van der Waals surface area contributed by atoms with Gasteiger partial charge in [-0.3, -0.25) is 0 Å². The molecule has 2 atom stereocenters. The first-order valence-corrected chi connectivity index (χ1v) is 6.72. The Bertz CT molecular complexity index is 325. The second-order valence-corrected chi connectivity index (χ2v) is 5.83. The molecule has 1 saturated carbocycles. The molecule has 1 aromatic carbocycles. The van der Waals surface area contributed by atoms with Gasteiger partial charge in [-0.1, -0.05) is 57.5 Å². The van der Waals surface area contributed by atoms with Crippen molar-refractivity contribution in [1.82, 2.24) is 0 Å². The van der Waals surface area contributed by atoms with Crippen molar-refractivity contribution in [1.29, 1.82) is 0 Å². The summed E-state index contributed by atoms with van der Waals surface area (Å²) in [7, 11) is 0. The molecular weight excluding hydrogens is 192 g/mol. The Labute approximate surface area is 100 Å². The monoisotopic (exact) mass is 216 g/mol. The van der Waals surface area contributed by atoms with E-state index in [0.717, 1.165) is 11.8 Å². The van der Waals surface area contributed by atoms with Crippen LogP contribution in [0.2, 0.25) is 0 Å².